The fourth-order valence-electron chi connectivity index (χ4n) is 2.50. The average molecular weight is 316 g/mol. The van der Waals surface area contributed by atoms with Crippen molar-refractivity contribution in [3.8, 4) is 11.1 Å². The van der Waals surface area contributed by atoms with Gasteiger partial charge in [-0.25, -0.2) is 0 Å². The van der Waals surface area contributed by atoms with E-state index in [9.17, 15) is 4.79 Å². The van der Waals surface area contributed by atoms with Gasteiger partial charge in [-0.05, 0) is 30.4 Å². The van der Waals surface area contributed by atoms with Crippen LogP contribution in [0.4, 0.5) is 5.00 Å². The minimum Gasteiger partial charge on any atom is -0.390 e. The number of carbonyl (C=O) groups excluding carboxylic acids is 1. The highest BCUT2D eigenvalue weighted by Crippen LogP contribution is 2.38. The van der Waals surface area contributed by atoms with Crippen molar-refractivity contribution >= 4 is 22.2 Å². The number of nitrogens with one attached hydrogen (secondary N) is 1. The van der Waals surface area contributed by atoms with E-state index in [1.54, 1.807) is 0 Å². The molecule has 2 aromatic rings. The van der Waals surface area contributed by atoms with Gasteiger partial charge in [0.25, 0.3) is 5.91 Å². The normalized spacial score (nSPS) is 11.0. The van der Waals surface area contributed by atoms with Gasteiger partial charge < -0.3 is 11.1 Å². The Morgan fingerprint density at radius 1 is 1.27 bits per heavy atom. The monoisotopic (exact) mass is 316 g/mol. The van der Waals surface area contributed by atoms with Crippen molar-refractivity contribution in [2.24, 2.45) is 0 Å². The fourth-order valence-corrected chi connectivity index (χ4v) is 3.45. The molecule has 3 nitrogen and oxygen atoms in total. The van der Waals surface area contributed by atoms with Crippen molar-refractivity contribution in [1.82, 2.24) is 5.32 Å². The number of aryl methyl sites for hydroxylation is 1. The zero-order chi connectivity index (χ0) is 16.3. The highest BCUT2D eigenvalue weighted by atomic mass is 32.1. The first-order valence-corrected chi connectivity index (χ1v) is 8.54. The SMILES string of the molecule is CCCNC(=O)c1c(N)sc(C)c1-c1ccc(C(C)C)cc1. The van der Waals surface area contributed by atoms with E-state index in [-0.39, 0.29) is 5.91 Å². The molecule has 1 aromatic carbocycles. The molecule has 1 amide bonds. The molecular formula is C18H24N2OS. The third-order valence-corrected chi connectivity index (χ3v) is 4.67. The van der Waals surface area contributed by atoms with Crippen molar-refractivity contribution in [1.29, 1.82) is 0 Å². The summed E-state index contributed by atoms with van der Waals surface area (Å²) >= 11 is 1.48. The molecule has 2 rings (SSSR count). The standard InChI is InChI=1S/C18H24N2OS/c1-5-10-20-18(21)16-15(12(4)22-17(16)19)14-8-6-13(7-9-14)11(2)3/h6-9,11H,5,10,19H2,1-4H3,(H,20,21). The Hall–Kier alpha value is -1.81. The van der Waals surface area contributed by atoms with Crippen LogP contribution in [0.15, 0.2) is 24.3 Å². The summed E-state index contributed by atoms with van der Waals surface area (Å²) in [5.41, 5.74) is 10.0. The molecule has 1 heterocycles. The lowest BCUT2D eigenvalue weighted by Gasteiger charge is -2.10. The number of rotatable bonds is 5. The van der Waals surface area contributed by atoms with Crippen LogP contribution in [0.2, 0.25) is 0 Å². The largest absolute Gasteiger partial charge is 0.390 e. The number of benzene rings is 1. The van der Waals surface area contributed by atoms with E-state index in [1.165, 1.54) is 16.9 Å². The summed E-state index contributed by atoms with van der Waals surface area (Å²) in [4.78, 5) is 13.5. The summed E-state index contributed by atoms with van der Waals surface area (Å²) in [6.07, 6.45) is 0.910. The molecular weight excluding hydrogens is 292 g/mol. The van der Waals surface area contributed by atoms with Gasteiger partial charge in [-0.15, -0.1) is 11.3 Å². The summed E-state index contributed by atoms with van der Waals surface area (Å²) < 4.78 is 0. The Morgan fingerprint density at radius 3 is 2.45 bits per heavy atom. The van der Waals surface area contributed by atoms with Crippen molar-refractivity contribution in [2.75, 3.05) is 12.3 Å². The number of amides is 1. The van der Waals surface area contributed by atoms with Crippen LogP contribution >= 0.6 is 11.3 Å². The Morgan fingerprint density at radius 2 is 1.91 bits per heavy atom. The lowest BCUT2D eigenvalue weighted by atomic mass is 9.96. The summed E-state index contributed by atoms with van der Waals surface area (Å²) in [6, 6.07) is 8.42. The summed E-state index contributed by atoms with van der Waals surface area (Å²) in [7, 11) is 0. The first kappa shape index (κ1) is 16.6. The van der Waals surface area contributed by atoms with Gasteiger partial charge in [-0.1, -0.05) is 45.0 Å². The van der Waals surface area contributed by atoms with Crippen LogP contribution in [0.25, 0.3) is 11.1 Å². The maximum Gasteiger partial charge on any atom is 0.254 e. The molecule has 0 radical (unpaired) electrons. The second-order valence-corrected chi connectivity index (χ2v) is 7.06. The lowest BCUT2D eigenvalue weighted by molar-refractivity contribution is 0.0955. The molecule has 0 saturated carbocycles. The summed E-state index contributed by atoms with van der Waals surface area (Å²) in [6.45, 7) is 9.06. The van der Waals surface area contributed by atoms with Gasteiger partial charge in [0.2, 0.25) is 0 Å². The predicted molar refractivity (Wildman–Crippen MR) is 95.6 cm³/mol. The fraction of sp³-hybridized carbons (Fsp3) is 0.389. The molecule has 1 aromatic heterocycles. The molecule has 118 valence electrons. The molecule has 0 bridgehead atoms. The first-order valence-electron chi connectivity index (χ1n) is 7.73. The van der Waals surface area contributed by atoms with Crippen LogP contribution in [0.1, 0.15) is 53.9 Å². The second-order valence-electron chi connectivity index (χ2n) is 5.81. The Bertz CT molecular complexity index is 656. The van der Waals surface area contributed by atoms with Crippen LogP contribution in [-0.2, 0) is 0 Å². The van der Waals surface area contributed by atoms with Crippen molar-refractivity contribution < 1.29 is 4.79 Å². The van der Waals surface area contributed by atoms with Crippen LogP contribution in [-0.4, -0.2) is 12.5 Å². The van der Waals surface area contributed by atoms with Crippen LogP contribution in [0.3, 0.4) is 0 Å². The maximum absolute atomic E-state index is 12.4. The van der Waals surface area contributed by atoms with Crippen LogP contribution < -0.4 is 11.1 Å². The number of thiophene rings is 1. The van der Waals surface area contributed by atoms with Gasteiger partial charge in [-0.2, -0.15) is 0 Å². The lowest BCUT2D eigenvalue weighted by Crippen LogP contribution is -2.24. The van der Waals surface area contributed by atoms with Gasteiger partial charge in [0, 0.05) is 17.0 Å². The van der Waals surface area contributed by atoms with E-state index in [0.29, 0.717) is 23.0 Å². The Kier molecular flexibility index (Phi) is 5.24. The first-order chi connectivity index (χ1) is 10.5. The van der Waals surface area contributed by atoms with Gasteiger partial charge in [-0.3, -0.25) is 4.79 Å². The number of hydrogen-bond donors (Lipinski definition) is 2. The number of anilines is 1. The molecule has 3 N–H and O–H groups in total. The Labute approximate surface area is 136 Å². The minimum absolute atomic E-state index is 0.0772. The van der Waals surface area contributed by atoms with E-state index >= 15 is 0 Å². The van der Waals surface area contributed by atoms with E-state index in [1.807, 2.05) is 13.8 Å². The highest BCUT2D eigenvalue weighted by Gasteiger charge is 2.21. The molecule has 0 spiro atoms. The topological polar surface area (TPSA) is 55.1 Å². The number of carbonyl (C=O) groups is 1. The second kappa shape index (κ2) is 6.97. The third-order valence-electron chi connectivity index (χ3n) is 3.74. The third kappa shape index (κ3) is 3.33. The van der Waals surface area contributed by atoms with Crippen molar-refractivity contribution in [2.45, 2.75) is 40.0 Å². The zero-order valence-corrected chi connectivity index (χ0v) is 14.5. The molecule has 4 heteroatoms. The smallest absolute Gasteiger partial charge is 0.254 e. The van der Waals surface area contributed by atoms with E-state index in [0.717, 1.165) is 22.4 Å². The molecule has 0 saturated heterocycles. The minimum atomic E-state index is -0.0772. The highest BCUT2D eigenvalue weighted by molar-refractivity contribution is 7.16. The van der Waals surface area contributed by atoms with Gasteiger partial charge in [0.1, 0.15) is 0 Å². The van der Waals surface area contributed by atoms with Crippen molar-refractivity contribution in [3.63, 3.8) is 0 Å². The molecule has 0 aliphatic heterocycles. The van der Waals surface area contributed by atoms with E-state index in [2.05, 4.69) is 43.4 Å². The van der Waals surface area contributed by atoms with E-state index in [4.69, 9.17) is 5.73 Å². The van der Waals surface area contributed by atoms with Crippen LogP contribution in [0.5, 0.6) is 0 Å². The van der Waals surface area contributed by atoms with E-state index < -0.39 is 0 Å². The molecule has 22 heavy (non-hydrogen) atoms. The average Bonchev–Trinajstić information content (AvgIpc) is 2.79. The van der Waals surface area contributed by atoms with Crippen molar-refractivity contribution in [3.05, 3.63) is 40.3 Å². The number of hydrogen-bond acceptors (Lipinski definition) is 3. The predicted octanol–water partition coefficient (Wildman–Crippen LogP) is 4.57. The zero-order valence-electron chi connectivity index (χ0n) is 13.7. The molecule has 0 aliphatic carbocycles. The van der Waals surface area contributed by atoms with Gasteiger partial charge in [0.15, 0.2) is 0 Å². The summed E-state index contributed by atoms with van der Waals surface area (Å²) in [5.74, 6) is 0.418. The number of nitrogens with two attached hydrogens (primary N) is 1. The van der Waals surface area contributed by atoms with Gasteiger partial charge in [0.05, 0.1) is 10.6 Å². The molecule has 0 aliphatic rings. The molecule has 0 unspecified atom stereocenters. The number of nitrogen functional groups attached to an aromatic ring is 1. The maximum atomic E-state index is 12.4. The Balaban J connectivity index is 2.44. The summed E-state index contributed by atoms with van der Waals surface area (Å²) in [5, 5.41) is 3.52. The molecule has 0 fully saturated rings. The quantitative estimate of drug-likeness (QED) is 0.849. The van der Waals surface area contributed by atoms with Crippen LogP contribution in [0, 0.1) is 6.92 Å². The molecule has 0 atom stereocenters. The van der Waals surface area contributed by atoms with Gasteiger partial charge >= 0.3 is 0 Å².